The fourth-order valence-corrected chi connectivity index (χ4v) is 1.48. The normalized spacial score (nSPS) is 9.65. The van der Waals surface area contributed by atoms with Gasteiger partial charge in [0.15, 0.2) is 0 Å². The predicted octanol–water partition coefficient (Wildman–Crippen LogP) is 3.19. The molecule has 0 saturated carbocycles. The zero-order chi connectivity index (χ0) is 12.1. The molecule has 0 radical (unpaired) electrons. The first-order valence-electron chi connectivity index (χ1n) is 5.01. The van der Waals surface area contributed by atoms with Crippen LogP contribution in [0.4, 0.5) is 0 Å². The zero-order valence-electron chi connectivity index (χ0n) is 8.93. The third-order valence-corrected chi connectivity index (χ3v) is 2.57. The molecular formula is C13H9ClN2O. The van der Waals surface area contributed by atoms with Crippen LogP contribution in [-0.4, -0.2) is 4.98 Å². The number of nitrogens with zero attached hydrogens (tertiary/aromatic N) is 2. The minimum absolute atomic E-state index is 0.382. The summed E-state index contributed by atoms with van der Waals surface area (Å²) in [5.41, 5.74) is 1.49. The van der Waals surface area contributed by atoms with Crippen LogP contribution in [0.3, 0.4) is 0 Å². The third-order valence-electron chi connectivity index (χ3n) is 2.23. The number of benzene rings is 1. The molecule has 2 aromatic rings. The molecule has 1 aromatic carbocycles. The second kappa shape index (κ2) is 5.33. The van der Waals surface area contributed by atoms with Crippen molar-refractivity contribution in [2.24, 2.45) is 0 Å². The van der Waals surface area contributed by atoms with E-state index in [9.17, 15) is 0 Å². The molecule has 1 heterocycles. The van der Waals surface area contributed by atoms with Crippen LogP contribution in [-0.2, 0) is 6.61 Å². The molecule has 0 fully saturated rings. The van der Waals surface area contributed by atoms with Crippen molar-refractivity contribution in [2.45, 2.75) is 6.61 Å². The van der Waals surface area contributed by atoms with Crippen molar-refractivity contribution >= 4 is 11.6 Å². The summed E-state index contributed by atoms with van der Waals surface area (Å²) < 4.78 is 5.55. The molecule has 0 unspecified atom stereocenters. The fourth-order valence-electron chi connectivity index (χ4n) is 1.31. The predicted molar refractivity (Wildman–Crippen MR) is 64.7 cm³/mol. The van der Waals surface area contributed by atoms with Crippen LogP contribution >= 0.6 is 11.6 Å². The Labute approximate surface area is 104 Å². The number of ether oxygens (including phenoxy) is 1. The van der Waals surface area contributed by atoms with Crippen LogP contribution in [0, 0.1) is 11.3 Å². The Kier molecular flexibility index (Phi) is 3.59. The molecule has 0 spiro atoms. The number of rotatable bonds is 3. The zero-order valence-corrected chi connectivity index (χ0v) is 9.69. The molecule has 0 atom stereocenters. The monoisotopic (exact) mass is 244 g/mol. The highest BCUT2D eigenvalue weighted by Gasteiger charge is 2.00. The van der Waals surface area contributed by atoms with Gasteiger partial charge in [-0.3, -0.25) is 4.98 Å². The van der Waals surface area contributed by atoms with E-state index in [0.29, 0.717) is 22.9 Å². The Morgan fingerprint density at radius 3 is 2.65 bits per heavy atom. The first kappa shape index (κ1) is 11.4. The van der Waals surface area contributed by atoms with E-state index in [1.54, 1.807) is 36.7 Å². The van der Waals surface area contributed by atoms with Gasteiger partial charge in [-0.05, 0) is 30.3 Å². The number of halogens is 1. The van der Waals surface area contributed by atoms with Gasteiger partial charge in [0, 0.05) is 18.0 Å². The molecule has 0 N–H and O–H groups in total. The lowest BCUT2D eigenvalue weighted by molar-refractivity contribution is 0.306. The van der Waals surface area contributed by atoms with Gasteiger partial charge in [0.25, 0.3) is 0 Å². The maximum absolute atomic E-state index is 8.66. The molecule has 17 heavy (non-hydrogen) atoms. The lowest BCUT2D eigenvalue weighted by atomic mass is 10.2. The topological polar surface area (TPSA) is 45.9 Å². The van der Waals surface area contributed by atoms with Gasteiger partial charge in [0.1, 0.15) is 12.4 Å². The first-order chi connectivity index (χ1) is 8.29. The lowest BCUT2D eigenvalue weighted by Gasteiger charge is -2.07. The van der Waals surface area contributed by atoms with Gasteiger partial charge in [-0.25, -0.2) is 0 Å². The van der Waals surface area contributed by atoms with E-state index >= 15 is 0 Å². The van der Waals surface area contributed by atoms with E-state index in [1.807, 2.05) is 6.07 Å². The largest absolute Gasteiger partial charge is 0.489 e. The van der Waals surface area contributed by atoms with E-state index in [0.717, 1.165) is 5.56 Å². The van der Waals surface area contributed by atoms with Crippen molar-refractivity contribution < 1.29 is 4.74 Å². The lowest BCUT2D eigenvalue weighted by Crippen LogP contribution is -1.96. The van der Waals surface area contributed by atoms with Gasteiger partial charge in [-0.1, -0.05) is 11.6 Å². The SMILES string of the molecule is N#Cc1ccc(OCc2ccncc2Cl)cc1. The highest BCUT2D eigenvalue weighted by Crippen LogP contribution is 2.17. The van der Waals surface area contributed by atoms with Crippen LogP contribution in [0.15, 0.2) is 42.7 Å². The fraction of sp³-hybridized carbons (Fsp3) is 0.0769. The van der Waals surface area contributed by atoms with Crippen molar-refractivity contribution in [3.63, 3.8) is 0 Å². The maximum atomic E-state index is 8.66. The van der Waals surface area contributed by atoms with Crippen LogP contribution in [0.5, 0.6) is 5.75 Å². The van der Waals surface area contributed by atoms with Crippen molar-refractivity contribution in [1.29, 1.82) is 5.26 Å². The van der Waals surface area contributed by atoms with E-state index < -0.39 is 0 Å². The molecule has 1 aromatic heterocycles. The Balaban J connectivity index is 2.03. The van der Waals surface area contributed by atoms with Gasteiger partial charge in [0.05, 0.1) is 16.7 Å². The molecule has 4 heteroatoms. The average molecular weight is 245 g/mol. The number of pyridine rings is 1. The van der Waals surface area contributed by atoms with E-state index in [-0.39, 0.29) is 0 Å². The Morgan fingerprint density at radius 2 is 2.00 bits per heavy atom. The maximum Gasteiger partial charge on any atom is 0.119 e. The first-order valence-corrected chi connectivity index (χ1v) is 5.39. The summed E-state index contributed by atoms with van der Waals surface area (Å²) in [6, 6.07) is 10.8. The van der Waals surface area contributed by atoms with E-state index in [1.165, 1.54) is 0 Å². The van der Waals surface area contributed by atoms with E-state index in [4.69, 9.17) is 21.6 Å². The summed E-state index contributed by atoms with van der Waals surface area (Å²) in [5.74, 6) is 0.705. The smallest absolute Gasteiger partial charge is 0.119 e. The van der Waals surface area contributed by atoms with Crippen LogP contribution in [0.25, 0.3) is 0 Å². The molecule has 84 valence electrons. The molecule has 0 aliphatic rings. The number of aromatic nitrogens is 1. The minimum atomic E-state index is 0.382. The third kappa shape index (κ3) is 2.96. The summed E-state index contributed by atoms with van der Waals surface area (Å²) in [4.78, 5) is 3.90. The van der Waals surface area contributed by atoms with Crippen LogP contribution < -0.4 is 4.74 Å². The summed E-state index contributed by atoms with van der Waals surface area (Å²) >= 11 is 5.95. The minimum Gasteiger partial charge on any atom is -0.489 e. The second-order valence-electron chi connectivity index (χ2n) is 3.39. The van der Waals surface area contributed by atoms with Crippen molar-refractivity contribution in [1.82, 2.24) is 4.98 Å². The van der Waals surface area contributed by atoms with Gasteiger partial charge in [0.2, 0.25) is 0 Å². The molecule has 0 amide bonds. The standard InChI is InChI=1S/C13H9ClN2O/c14-13-8-16-6-5-11(13)9-17-12-3-1-10(7-15)2-4-12/h1-6,8H,9H2. The molecule has 0 bridgehead atoms. The summed E-state index contributed by atoms with van der Waals surface area (Å²) in [6.07, 6.45) is 3.25. The summed E-state index contributed by atoms with van der Waals surface area (Å²) in [6.45, 7) is 0.382. The van der Waals surface area contributed by atoms with Crippen molar-refractivity contribution in [3.8, 4) is 11.8 Å². The van der Waals surface area contributed by atoms with Crippen molar-refractivity contribution in [3.05, 3.63) is 58.9 Å². The average Bonchev–Trinajstić information content (AvgIpc) is 2.38. The van der Waals surface area contributed by atoms with Crippen LogP contribution in [0.2, 0.25) is 5.02 Å². The molecule has 2 rings (SSSR count). The van der Waals surface area contributed by atoms with Crippen LogP contribution in [0.1, 0.15) is 11.1 Å². The summed E-state index contributed by atoms with van der Waals surface area (Å²) in [5, 5.41) is 9.24. The molecule has 0 aliphatic heterocycles. The van der Waals surface area contributed by atoms with Gasteiger partial charge in [-0.2, -0.15) is 5.26 Å². The highest BCUT2D eigenvalue weighted by atomic mass is 35.5. The number of hydrogen-bond donors (Lipinski definition) is 0. The van der Waals surface area contributed by atoms with E-state index in [2.05, 4.69) is 11.1 Å². The Hall–Kier alpha value is -2.05. The molecular weight excluding hydrogens is 236 g/mol. The molecule has 3 nitrogen and oxygen atoms in total. The Morgan fingerprint density at radius 1 is 1.24 bits per heavy atom. The van der Waals surface area contributed by atoms with Crippen molar-refractivity contribution in [2.75, 3.05) is 0 Å². The van der Waals surface area contributed by atoms with Gasteiger partial charge < -0.3 is 4.74 Å². The summed E-state index contributed by atoms with van der Waals surface area (Å²) in [7, 11) is 0. The second-order valence-corrected chi connectivity index (χ2v) is 3.80. The number of nitriles is 1. The van der Waals surface area contributed by atoms with Gasteiger partial charge in [-0.15, -0.1) is 0 Å². The quantitative estimate of drug-likeness (QED) is 0.833. The van der Waals surface area contributed by atoms with Gasteiger partial charge >= 0.3 is 0 Å². The number of hydrogen-bond acceptors (Lipinski definition) is 3. The highest BCUT2D eigenvalue weighted by molar-refractivity contribution is 6.31. The molecule has 0 aliphatic carbocycles. The molecule has 0 saturated heterocycles. The Bertz CT molecular complexity index is 546.